The van der Waals surface area contributed by atoms with Gasteiger partial charge in [0.2, 0.25) is 0 Å². The Morgan fingerprint density at radius 3 is 2.85 bits per heavy atom. The molecule has 0 spiro atoms. The first kappa shape index (κ1) is 13.3. The number of benzene rings is 1. The van der Waals surface area contributed by atoms with E-state index in [0.717, 1.165) is 20.7 Å². The maximum absolute atomic E-state index is 12.2. The summed E-state index contributed by atoms with van der Waals surface area (Å²) in [5.74, 6) is -0.205. The van der Waals surface area contributed by atoms with Crippen LogP contribution in [0.25, 0.3) is 4.96 Å². The summed E-state index contributed by atoms with van der Waals surface area (Å²) in [4.78, 5) is 18.5. The number of nitrogens with zero attached hydrogens (tertiary/aromatic N) is 2. The Hall–Kier alpha value is -1.66. The summed E-state index contributed by atoms with van der Waals surface area (Å²) in [6.45, 7) is 4.02. The van der Waals surface area contributed by atoms with Crippen LogP contribution in [0.2, 0.25) is 0 Å². The number of hydrogen-bond acceptors (Lipinski definition) is 3. The summed E-state index contributed by atoms with van der Waals surface area (Å²) >= 11 is 5.01. The first-order valence-electron chi connectivity index (χ1n) is 6.05. The first-order valence-corrected chi connectivity index (χ1v) is 7.66. The van der Waals surface area contributed by atoms with Crippen molar-refractivity contribution in [1.29, 1.82) is 0 Å². The molecule has 0 unspecified atom stereocenters. The third-order valence-electron chi connectivity index (χ3n) is 2.88. The minimum Gasteiger partial charge on any atom is -0.320 e. The molecular weight excluding hydrogens is 338 g/mol. The van der Waals surface area contributed by atoms with Crippen LogP contribution in [0.5, 0.6) is 0 Å². The number of fused-ring (bicyclic) bond motifs is 1. The molecule has 2 aromatic heterocycles. The lowest BCUT2D eigenvalue weighted by Crippen LogP contribution is -2.12. The Morgan fingerprint density at radius 2 is 2.15 bits per heavy atom. The Bertz CT molecular complexity index is 774. The summed E-state index contributed by atoms with van der Waals surface area (Å²) in [6.07, 6.45) is 3.71. The number of halogens is 1. The van der Waals surface area contributed by atoms with Crippen LogP contribution in [0.4, 0.5) is 5.69 Å². The first-order chi connectivity index (χ1) is 9.52. The highest BCUT2D eigenvalue weighted by Gasteiger charge is 2.13. The highest BCUT2D eigenvalue weighted by atomic mass is 79.9. The molecule has 1 N–H and O–H groups in total. The fourth-order valence-corrected chi connectivity index (χ4v) is 3.33. The molecule has 0 aliphatic rings. The maximum atomic E-state index is 12.2. The van der Waals surface area contributed by atoms with E-state index in [0.29, 0.717) is 5.69 Å². The van der Waals surface area contributed by atoms with Gasteiger partial charge in [0.05, 0.1) is 5.69 Å². The van der Waals surface area contributed by atoms with Crippen LogP contribution in [0.3, 0.4) is 0 Å². The van der Waals surface area contributed by atoms with E-state index >= 15 is 0 Å². The third-order valence-corrected chi connectivity index (χ3v) is 4.45. The van der Waals surface area contributed by atoms with E-state index in [1.807, 2.05) is 42.6 Å². The molecule has 0 atom stereocenters. The van der Waals surface area contributed by atoms with Crippen molar-refractivity contribution in [3.8, 4) is 0 Å². The second-order valence-corrected chi connectivity index (χ2v) is 6.66. The van der Waals surface area contributed by atoms with Gasteiger partial charge in [-0.15, -0.1) is 11.3 Å². The normalized spacial score (nSPS) is 10.9. The quantitative estimate of drug-likeness (QED) is 0.759. The SMILES string of the molecule is Cc1ccc(NC(=O)c2cn3cc(C)sc3n2)c(Br)c1. The maximum Gasteiger partial charge on any atom is 0.275 e. The molecule has 2 heterocycles. The number of carbonyl (C=O) groups excluding carboxylic acids is 1. The lowest BCUT2D eigenvalue weighted by molar-refractivity contribution is 0.102. The van der Waals surface area contributed by atoms with Crippen LogP contribution in [0.1, 0.15) is 20.9 Å². The van der Waals surface area contributed by atoms with Crippen molar-refractivity contribution < 1.29 is 4.79 Å². The highest BCUT2D eigenvalue weighted by molar-refractivity contribution is 9.10. The molecule has 4 nitrogen and oxygen atoms in total. The van der Waals surface area contributed by atoms with Gasteiger partial charge in [0.15, 0.2) is 4.96 Å². The Kier molecular flexibility index (Phi) is 3.35. The van der Waals surface area contributed by atoms with Crippen molar-refractivity contribution >= 4 is 43.8 Å². The molecule has 0 radical (unpaired) electrons. The Morgan fingerprint density at radius 1 is 1.35 bits per heavy atom. The second-order valence-electron chi connectivity index (χ2n) is 4.60. The van der Waals surface area contributed by atoms with Crippen molar-refractivity contribution in [2.75, 3.05) is 5.32 Å². The van der Waals surface area contributed by atoms with Crippen molar-refractivity contribution in [3.05, 3.63) is 51.2 Å². The molecule has 6 heteroatoms. The van der Waals surface area contributed by atoms with E-state index in [1.165, 1.54) is 4.88 Å². The van der Waals surface area contributed by atoms with Gasteiger partial charge in [0.1, 0.15) is 5.69 Å². The van der Waals surface area contributed by atoms with Crippen LogP contribution < -0.4 is 5.32 Å². The van der Waals surface area contributed by atoms with Gasteiger partial charge >= 0.3 is 0 Å². The van der Waals surface area contributed by atoms with Crippen LogP contribution in [-0.2, 0) is 0 Å². The molecule has 0 fully saturated rings. The molecule has 1 amide bonds. The van der Waals surface area contributed by atoms with E-state index in [-0.39, 0.29) is 5.91 Å². The number of anilines is 1. The average Bonchev–Trinajstić information content (AvgIpc) is 2.89. The van der Waals surface area contributed by atoms with Gasteiger partial charge in [0.25, 0.3) is 5.91 Å². The van der Waals surface area contributed by atoms with Gasteiger partial charge in [-0.3, -0.25) is 9.20 Å². The Balaban J connectivity index is 1.86. The lowest BCUT2D eigenvalue weighted by atomic mass is 10.2. The van der Waals surface area contributed by atoms with Crippen molar-refractivity contribution in [2.24, 2.45) is 0 Å². The number of carbonyl (C=O) groups is 1. The lowest BCUT2D eigenvalue weighted by Gasteiger charge is -2.06. The molecule has 3 rings (SSSR count). The van der Waals surface area contributed by atoms with E-state index in [4.69, 9.17) is 0 Å². The minimum absolute atomic E-state index is 0.205. The fourth-order valence-electron chi connectivity index (χ4n) is 1.93. The monoisotopic (exact) mass is 349 g/mol. The summed E-state index contributed by atoms with van der Waals surface area (Å²) in [7, 11) is 0. The van der Waals surface area contributed by atoms with Gasteiger partial charge in [-0.1, -0.05) is 6.07 Å². The summed E-state index contributed by atoms with van der Waals surface area (Å²) in [5.41, 5.74) is 2.30. The van der Waals surface area contributed by atoms with Crippen LogP contribution in [0, 0.1) is 13.8 Å². The number of rotatable bonds is 2. The molecule has 0 aliphatic carbocycles. The minimum atomic E-state index is -0.205. The van der Waals surface area contributed by atoms with Gasteiger partial charge in [-0.2, -0.15) is 0 Å². The zero-order valence-corrected chi connectivity index (χ0v) is 13.4. The standard InChI is InChI=1S/C14H12BrN3OS/c1-8-3-4-11(10(15)5-8)16-13(19)12-7-18-6-9(2)20-14(18)17-12/h3-7H,1-2H3,(H,16,19). The average molecular weight is 350 g/mol. The van der Waals surface area contributed by atoms with Gasteiger partial charge in [-0.25, -0.2) is 4.98 Å². The highest BCUT2D eigenvalue weighted by Crippen LogP contribution is 2.24. The molecule has 0 aliphatic heterocycles. The Labute approximate surface area is 128 Å². The predicted octanol–water partition coefficient (Wildman–Crippen LogP) is 4.03. The van der Waals surface area contributed by atoms with Crippen LogP contribution in [-0.4, -0.2) is 15.3 Å². The molecule has 102 valence electrons. The zero-order chi connectivity index (χ0) is 14.3. The summed E-state index contributed by atoms with van der Waals surface area (Å²) < 4.78 is 2.74. The molecule has 1 aromatic carbocycles. The van der Waals surface area contributed by atoms with Gasteiger partial charge < -0.3 is 5.32 Å². The number of thiazole rings is 1. The number of imidazole rings is 1. The summed E-state index contributed by atoms with van der Waals surface area (Å²) in [6, 6.07) is 5.79. The van der Waals surface area contributed by atoms with E-state index in [9.17, 15) is 4.79 Å². The molecular formula is C14H12BrN3OS. The zero-order valence-electron chi connectivity index (χ0n) is 11.0. The number of aryl methyl sites for hydroxylation is 2. The van der Waals surface area contributed by atoms with Crippen LogP contribution in [0.15, 0.2) is 35.1 Å². The number of nitrogens with one attached hydrogen (secondary N) is 1. The number of hydrogen-bond donors (Lipinski definition) is 1. The van der Waals surface area contributed by atoms with Crippen molar-refractivity contribution in [1.82, 2.24) is 9.38 Å². The molecule has 0 saturated heterocycles. The fraction of sp³-hybridized carbons (Fsp3) is 0.143. The van der Waals surface area contributed by atoms with Crippen LogP contribution >= 0.6 is 27.3 Å². The molecule has 3 aromatic rings. The summed E-state index contributed by atoms with van der Waals surface area (Å²) in [5, 5.41) is 2.86. The van der Waals surface area contributed by atoms with Gasteiger partial charge in [-0.05, 0) is 47.5 Å². The largest absolute Gasteiger partial charge is 0.320 e. The third kappa shape index (κ3) is 2.48. The second kappa shape index (κ2) is 5.03. The number of aromatic nitrogens is 2. The van der Waals surface area contributed by atoms with Gasteiger partial charge in [0, 0.05) is 21.7 Å². The number of amides is 1. The molecule has 0 bridgehead atoms. The van der Waals surface area contributed by atoms with E-state index in [2.05, 4.69) is 26.2 Å². The van der Waals surface area contributed by atoms with Crippen molar-refractivity contribution in [2.45, 2.75) is 13.8 Å². The topological polar surface area (TPSA) is 46.4 Å². The van der Waals surface area contributed by atoms with E-state index in [1.54, 1.807) is 17.5 Å². The molecule has 0 saturated carbocycles. The molecule has 20 heavy (non-hydrogen) atoms. The predicted molar refractivity (Wildman–Crippen MR) is 84.6 cm³/mol. The van der Waals surface area contributed by atoms with Crippen molar-refractivity contribution in [3.63, 3.8) is 0 Å². The smallest absolute Gasteiger partial charge is 0.275 e. The van der Waals surface area contributed by atoms with E-state index < -0.39 is 0 Å².